The van der Waals surface area contributed by atoms with Gasteiger partial charge in [0.2, 0.25) is 0 Å². The largest absolute Gasteiger partial charge is 0.381 e. The van der Waals surface area contributed by atoms with Gasteiger partial charge in [0.25, 0.3) is 0 Å². The molecule has 4 nitrogen and oxygen atoms in total. The molecule has 0 aromatic rings. The molecule has 0 spiro atoms. The summed E-state index contributed by atoms with van der Waals surface area (Å²) in [5.74, 6) is 1.69. The van der Waals surface area contributed by atoms with E-state index in [-0.39, 0.29) is 0 Å². The maximum absolute atomic E-state index is 5.50. The van der Waals surface area contributed by atoms with E-state index in [9.17, 15) is 0 Å². The first-order valence-corrected chi connectivity index (χ1v) is 9.99. The van der Waals surface area contributed by atoms with Crippen molar-refractivity contribution in [2.24, 2.45) is 10.9 Å². The highest BCUT2D eigenvalue weighted by Gasteiger charge is 2.31. The number of thioether (sulfide) groups is 1. The molecular formula is C17H35N3OS. The Morgan fingerprint density at radius 3 is 2.55 bits per heavy atom. The van der Waals surface area contributed by atoms with Crippen LogP contribution in [0.2, 0.25) is 0 Å². The smallest absolute Gasteiger partial charge is 0.191 e. The second kappa shape index (κ2) is 11.2. The van der Waals surface area contributed by atoms with Crippen molar-refractivity contribution in [1.82, 2.24) is 10.6 Å². The van der Waals surface area contributed by atoms with Crippen LogP contribution in [-0.4, -0.2) is 50.3 Å². The highest BCUT2D eigenvalue weighted by atomic mass is 32.2. The van der Waals surface area contributed by atoms with Gasteiger partial charge in [0, 0.05) is 38.1 Å². The van der Waals surface area contributed by atoms with Crippen molar-refractivity contribution in [3.8, 4) is 0 Å². The predicted octanol–water partition coefficient (Wildman–Crippen LogP) is 3.28. The van der Waals surface area contributed by atoms with Gasteiger partial charge in [0.15, 0.2) is 5.96 Å². The zero-order valence-corrected chi connectivity index (χ0v) is 15.7. The van der Waals surface area contributed by atoms with E-state index in [1.807, 2.05) is 18.8 Å². The molecule has 1 atom stereocenters. The molecule has 1 saturated heterocycles. The average molecular weight is 330 g/mol. The van der Waals surface area contributed by atoms with Crippen LogP contribution in [0.1, 0.15) is 52.4 Å². The highest BCUT2D eigenvalue weighted by Crippen LogP contribution is 2.32. The number of nitrogens with one attached hydrogen (secondary N) is 2. The predicted molar refractivity (Wildman–Crippen MR) is 99.0 cm³/mol. The minimum Gasteiger partial charge on any atom is -0.381 e. The van der Waals surface area contributed by atoms with E-state index in [0.717, 1.165) is 51.0 Å². The quantitative estimate of drug-likeness (QED) is 0.503. The number of aliphatic imine (C=N–C) groups is 1. The first-order valence-electron chi connectivity index (χ1n) is 8.77. The van der Waals surface area contributed by atoms with Crippen LogP contribution in [0.3, 0.4) is 0 Å². The normalized spacial score (nSPS) is 19.7. The van der Waals surface area contributed by atoms with Gasteiger partial charge in [-0.05, 0) is 31.4 Å². The van der Waals surface area contributed by atoms with Gasteiger partial charge in [-0.3, -0.25) is 4.99 Å². The molecule has 0 radical (unpaired) electrons. The number of guanidine groups is 1. The summed E-state index contributed by atoms with van der Waals surface area (Å²) in [7, 11) is 1.86. The van der Waals surface area contributed by atoms with Gasteiger partial charge >= 0.3 is 0 Å². The molecule has 1 aliphatic rings. The standard InChI is InChI=1S/C17H35N3OS/c1-5-7-8-15(6-2)13-19-16(18-3)20-14-17(22-4)9-11-21-12-10-17/h15H,5-14H2,1-4H3,(H2,18,19,20). The molecule has 1 rings (SSSR count). The Morgan fingerprint density at radius 1 is 1.27 bits per heavy atom. The molecule has 1 unspecified atom stereocenters. The van der Waals surface area contributed by atoms with Gasteiger partial charge < -0.3 is 15.4 Å². The van der Waals surface area contributed by atoms with Gasteiger partial charge in [-0.2, -0.15) is 11.8 Å². The third kappa shape index (κ3) is 6.78. The Balaban J connectivity index is 2.38. The van der Waals surface area contributed by atoms with Crippen molar-refractivity contribution in [3.63, 3.8) is 0 Å². The molecule has 22 heavy (non-hydrogen) atoms. The van der Waals surface area contributed by atoms with Crippen LogP contribution in [-0.2, 0) is 4.74 Å². The van der Waals surface area contributed by atoms with Crippen LogP contribution < -0.4 is 10.6 Å². The van der Waals surface area contributed by atoms with Gasteiger partial charge in [-0.15, -0.1) is 0 Å². The molecule has 1 aliphatic heterocycles. The minimum atomic E-state index is 0.294. The van der Waals surface area contributed by atoms with Crippen molar-refractivity contribution >= 4 is 17.7 Å². The Hall–Kier alpha value is -0.420. The highest BCUT2D eigenvalue weighted by molar-refractivity contribution is 8.00. The summed E-state index contributed by atoms with van der Waals surface area (Å²) < 4.78 is 5.80. The number of nitrogens with zero attached hydrogens (tertiary/aromatic N) is 1. The number of ether oxygens (including phenoxy) is 1. The van der Waals surface area contributed by atoms with E-state index in [4.69, 9.17) is 4.74 Å². The van der Waals surface area contributed by atoms with E-state index in [2.05, 4.69) is 35.7 Å². The second-order valence-corrected chi connectivity index (χ2v) is 7.50. The average Bonchev–Trinajstić information content (AvgIpc) is 2.58. The van der Waals surface area contributed by atoms with Gasteiger partial charge in [0.1, 0.15) is 0 Å². The zero-order valence-electron chi connectivity index (χ0n) is 14.9. The molecule has 0 aromatic carbocycles. The summed E-state index contributed by atoms with van der Waals surface area (Å²) in [6.07, 6.45) is 9.59. The molecule has 2 N–H and O–H groups in total. The summed E-state index contributed by atoms with van der Waals surface area (Å²) in [4.78, 5) is 4.38. The van der Waals surface area contributed by atoms with Crippen LogP contribution >= 0.6 is 11.8 Å². The van der Waals surface area contributed by atoms with Gasteiger partial charge in [-0.1, -0.05) is 33.1 Å². The number of hydrogen-bond acceptors (Lipinski definition) is 3. The summed E-state index contributed by atoms with van der Waals surface area (Å²) in [6.45, 7) is 8.28. The molecule has 0 saturated carbocycles. The summed E-state index contributed by atoms with van der Waals surface area (Å²) >= 11 is 1.96. The number of unbranched alkanes of at least 4 members (excludes halogenated alkanes) is 1. The van der Waals surface area contributed by atoms with Crippen molar-refractivity contribution in [2.75, 3.05) is 39.6 Å². The molecule has 130 valence electrons. The Bertz CT molecular complexity index is 317. The van der Waals surface area contributed by atoms with Crippen molar-refractivity contribution in [3.05, 3.63) is 0 Å². The summed E-state index contributed by atoms with van der Waals surface area (Å²) in [5.41, 5.74) is 0. The summed E-state index contributed by atoms with van der Waals surface area (Å²) in [6, 6.07) is 0. The minimum absolute atomic E-state index is 0.294. The SMILES string of the molecule is CCCCC(CC)CNC(=NC)NCC1(SC)CCOCC1. The molecular weight excluding hydrogens is 294 g/mol. The molecule has 0 amide bonds. The lowest BCUT2D eigenvalue weighted by atomic mass is 9.99. The Labute approximate surface area is 141 Å². The molecule has 5 heteroatoms. The van der Waals surface area contributed by atoms with Crippen LogP contribution in [0.25, 0.3) is 0 Å². The van der Waals surface area contributed by atoms with Crippen molar-refractivity contribution < 1.29 is 4.74 Å². The van der Waals surface area contributed by atoms with Crippen LogP contribution in [0.15, 0.2) is 4.99 Å². The lowest BCUT2D eigenvalue weighted by molar-refractivity contribution is 0.0783. The van der Waals surface area contributed by atoms with Crippen molar-refractivity contribution in [1.29, 1.82) is 0 Å². The van der Waals surface area contributed by atoms with Crippen molar-refractivity contribution in [2.45, 2.75) is 57.1 Å². The van der Waals surface area contributed by atoms with E-state index in [1.165, 1.54) is 25.7 Å². The molecule has 1 heterocycles. The van der Waals surface area contributed by atoms with E-state index in [0.29, 0.717) is 4.75 Å². The number of hydrogen-bond donors (Lipinski definition) is 2. The van der Waals surface area contributed by atoms with Gasteiger partial charge in [-0.25, -0.2) is 0 Å². The maximum Gasteiger partial charge on any atom is 0.191 e. The van der Waals surface area contributed by atoms with E-state index >= 15 is 0 Å². The fourth-order valence-electron chi connectivity index (χ4n) is 2.85. The fraction of sp³-hybridized carbons (Fsp3) is 0.941. The summed E-state index contributed by atoms with van der Waals surface area (Å²) in [5, 5.41) is 7.04. The van der Waals surface area contributed by atoms with Crippen LogP contribution in [0, 0.1) is 5.92 Å². The zero-order chi connectivity index (χ0) is 16.3. The third-order valence-electron chi connectivity index (χ3n) is 4.74. The third-order valence-corrected chi connectivity index (χ3v) is 6.16. The maximum atomic E-state index is 5.50. The first-order chi connectivity index (χ1) is 10.7. The Morgan fingerprint density at radius 2 is 2.00 bits per heavy atom. The molecule has 1 fully saturated rings. The second-order valence-electron chi connectivity index (χ2n) is 6.22. The lowest BCUT2D eigenvalue weighted by Gasteiger charge is -2.36. The number of rotatable bonds is 9. The molecule has 0 aromatic heterocycles. The first kappa shape index (κ1) is 19.6. The monoisotopic (exact) mass is 329 g/mol. The van der Waals surface area contributed by atoms with E-state index < -0.39 is 0 Å². The van der Waals surface area contributed by atoms with Crippen LogP contribution in [0.5, 0.6) is 0 Å². The Kier molecular flexibility index (Phi) is 9.96. The lowest BCUT2D eigenvalue weighted by Crippen LogP contribution is -2.48. The topological polar surface area (TPSA) is 45.7 Å². The molecule has 0 aliphatic carbocycles. The van der Waals surface area contributed by atoms with Crippen LogP contribution in [0.4, 0.5) is 0 Å². The van der Waals surface area contributed by atoms with E-state index in [1.54, 1.807) is 0 Å². The van der Waals surface area contributed by atoms with Gasteiger partial charge in [0.05, 0.1) is 0 Å². The molecule has 0 bridgehead atoms. The fourth-order valence-corrected chi connectivity index (χ4v) is 3.64.